The highest BCUT2D eigenvalue weighted by molar-refractivity contribution is 5.34. The van der Waals surface area contributed by atoms with Crippen molar-refractivity contribution in [1.29, 1.82) is 0 Å². The van der Waals surface area contributed by atoms with Gasteiger partial charge in [0.15, 0.2) is 0 Å². The SMILES string of the molecule is CNc1ccc(CN2CC(C)N(C)C(C)C2)cn1. The van der Waals surface area contributed by atoms with Gasteiger partial charge in [-0.3, -0.25) is 9.80 Å². The highest BCUT2D eigenvalue weighted by Crippen LogP contribution is 2.16. The van der Waals surface area contributed by atoms with Crippen LogP contribution in [0.25, 0.3) is 0 Å². The Kier molecular flexibility index (Phi) is 4.19. The van der Waals surface area contributed by atoms with Gasteiger partial charge >= 0.3 is 0 Å². The number of nitrogens with one attached hydrogen (secondary N) is 1. The maximum absolute atomic E-state index is 4.37. The summed E-state index contributed by atoms with van der Waals surface area (Å²) < 4.78 is 0. The van der Waals surface area contributed by atoms with Crippen molar-refractivity contribution >= 4 is 5.82 Å². The Bertz CT molecular complexity index is 364. The van der Waals surface area contributed by atoms with E-state index >= 15 is 0 Å². The number of piperazine rings is 1. The lowest BCUT2D eigenvalue weighted by Gasteiger charge is -2.42. The standard InChI is InChI=1S/C14H24N4/c1-11-8-18(9-12(2)17(11)4)10-13-5-6-14(15-3)16-7-13/h5-7,11-12H,8-10H2,1-4H3,(H,15,16). The number of anilines is 1. The Hall–Kier alpha value is -1.13. The summed E-state index contributed by atoms with van der Waals surface area (Å²) in [5.41, 5.74) is 1.29. The summed E-state index contributed by atoms with van der Waals surface area (Å²) >= 11 is 0. The molecule has 0 bridgehead atoms. The molecule has 0 radical (unpaired) electrons. The molecule has 2 heterocycles. The first kappa shape index (κ1) is 13.3. The summed E-state index contributed by atoms with van der Waals surface area (Å²) in [4.78, 5) is 9.34. The molecule has 1 aromatic rings. The minimum absolute atomic E-state index is 0.623. The molecule has 2 rings (SSSR count). The van der Waals surface area contributed by atoms with Crippen molar-refractivity contribution in [1.82, 2.24) is 14.8 Å². The van der Waals surface area contributed by atoms with E-state index in [1.165, 1.54) is 5.56 Å². The fourth-order valence-electron chi connectivity index (χ4n) is 2.57. The van der Waals surface area contributed by atoms with E-state index in [4.69, 9.17) is 0 Å². The van der Waals surface area contributed by atoms with Gasteiger partial charge in [0.2, 0.25) is 0 Å². The highest BCUT2D eigenvalue weighted by atomic mass is 15.3. The maximum Gasteiger partial charge on any atom is 0.125 e. The molecule has 1 N–H and O–H groups in total. The molecular weight excluding hydrogens is 224 g/mol. The van der Waals surface area contributed by atoms with Gasteiger partial charge in [0.25, 0.3) is 0 Å². The molecule has 4 heteroatoms. The molecule has 0 aliphatic carbocycles. The van der Waals surface area contributed by atoms with Gasteiger partial charge in [-0.15, -0.1) is 0 Å². The first-order valence-electron chi connectivity index (χ1n) is 6.67. The molecule has 1 aliphatic rings. The zero-order valence-electron chi connectivity index (χ0n) is 11.8. The molecule has 18 heavy (non-hydrogen) atoms. The van der Waals surface area contributed by atoms with Crippen LogP contribution in [-0.2, 0) is 6.54 Å². The molecule has 0 saturated carbocycles. The first-order valence-corrected chi connectivity index (χ1v) is 6.67. The summed E-state index contributed by atoms with van der Waals surface area (Å²) in [5, 5.41) is 3.05. The van der Waals surface area contributed by atoms with Crippen molar-refractivity contribution < 1.29 is 0 Å². The quantitative estimate of drug-likeness (QED) is 0.881. The topological polar surface area (TPSA) is 31.4 Å². The van der Waals surface area contributed by atoms with Crippen molar-refractivity contribution in [2.45, 2.75) is 32.5 Å². The van der Waals surface area contributed by atoms with Gasteiger partial charge in [0.05, 0.1) is 0 Å². The largest absolute Gasteiger partial charge is 0.373 e. The molecule has 0 amide bonds. The molecule has 1 aliphatic heterocycles. The average molecular weight is 248 g/mol. The fourth-order valence-corrected chi connectivity index (χ4v) is 2.57. The molecule has 2 unspecified atom stereocenters. The lowest BCUT2D eigenvalue weighted by Crippen LogP contribution is -2.54. The molecule has 1 saturated heterocycles. The number of nitrogens with zero attached hydrogens (tertiary/aromatic N) is 3. The number of aromatic nitrogens is 1. The second-order valence-corrected chi connectivity index (χ2v) is 5.36. The van der Waals surface area contributed by atoms with Crippen LogP contribution >= 0.6 is 0 Å². The third-order valence-corrected chi connectivity index (χ3v) is 3.92. The van der Waals surface area contributed by atoms with E-state index in [0.717, 1.165) is 25.5 Å². The normalized spacial score (nSPS) is 26.2. The predicted molar refractivity (Wildman–Crippen MR) is 75.7 cm³/mol. The average Bonchev–Trinajstić information content (AvgIpc) is 2.37. The van der Waals surface area contributed by atoms with E-state index < -0.39 is 0 Å². The monoisotopic (exact) mass is 248 g/mol. The smallest absolute Gasteiger partial charge is 0.125 e. The zero-order chi connectivity index (χ0) is 13.1. The lowest BCUT2D eigenvalue weighted by atomic mass is 10.1. The summed E-state index contributed by atoms with van der Waals surface area (Å²) in [7, 11) is 4.11. The summed E-state index contributed by atoms with van der Waals surface area (Å²) in [5.74, 6) is 0.930. The molecule has 100 valence electrons. The predicted octanol–water partition coefficient (Wildman–Crippen LogP) is 1.65. The lowest BCUT2D eigenvalue weighted by molar-refractivity contribution is 0.0556. The Balaban J connectivity index is 1.96. The second-order valence-electron chi connectivity index (χ2n) is 5.36. The third-order valence-electron chi connectivity index (χ3n) is 3.92. The van der Waals surface area contributed by atoms with E-state index in [1.807, 2.05) is 19.3 Å². The van der Waals surface area contributed by atoms with E-state index in [2.05, 4.69) is 47.1 Å². The maximum atomic E-state index is 4.37. The Morgan fingerprint density at radius 1 is 1.28 bits per heavy atom. The van der Waals surface area contributed by atoms with Crippen molar-refractivity contribution in [3.63, 3.8) is 0 Å². The summed E-state index contributed by atoms with van der Waals surface area (Å²) in [6.07, 6.45) is 1.97. The molecule has 1 aromatic heterocycles. The molecule has 0 aromatic carbocycles. The zero-order valence-corrected chi connectivity index (χ0v) is 11.8. The van der Waals surface area contributed by atoms with Crippen LogP contribution in [0.2, 0.25) is 0 Å². The highest BCUT2D eigenvalue weighted by Gasteiger charge is 2.26. The fraction of sp³-hybridized carbons (Fsp3) is 0.643. The van der Waals surface area contributed by atoms with Crippen LogP contribution in [0.3, 0.4) is 0 Å². The minimum Gasteiger partial charge on any atom is -0.373 e. The van der Waals surface area contributed by atoms with Crippen molar-refractivity contribution in [3.05, 3.63) is 23.9 Å². The third kappa shape index (κ3) is 3.00. The number of hydrogen-bond acceptors (Lipinski definition) is 4. The van der Waals surface area contributed by atoms with Gasteiger partial charge < -0.3 is 5.32 Å². The minimum atomic E-state index is 0.623. The first-order chi connectivity index (χ1) is 8.60. The Labute approximate surface area is 110 Å². The van der Waals surface area contributed by atoms with Crippen LogP contribution in [-0.4, -0.2) is 54.1 Å². The number of rotatable bonds is 3. The Morgan fingerprint density at radius 2 is 1.94 bits per heavy atom. The molecular formula is C14H24N4. The van der Waals surface area contributed by atoms with Crippen molar-refractivity contribution in [3.8, 4) is 0 Å². The van der Waals surface area contributed by atoms with Crippen LogP contribution in [0.5, 0.6) is 0 Å². The molecule has 2 atom stereocenters. The van der Waals surface area contributed by atoms with Gasteiger partial charge in [0.1, 0.15) is 5.82 Å². The summed E-state index contributed by atoms with van der Waals surface area (Å²) in [6.45, 7) is 7.86. The van der Waals surface area contributed by atoms with Crippen LogP contribution in [0.15, 0.2) is 18.3 Å². The number of likely N-dealkylation sites (N-methyl/N-ethyl adjacent to an activating group) is 1. The van der Waals surface area contributed by atoms with Gasteiger partial charge in [0, 0.05) is 45.0 Å². The van der Waals surface area contributed by atoms with Gasteiger partial charge in [-0.05, 0) is 32.5 Å². The summed E-state index contributed by atoms with van der Waals surface area (Å²) in [6, 6.07) is 5.45. The van der Waals surface area contributed by atoms with Crippen molar-refractivity contribution in [2.24, 2.45) is 0 Å². The molecule has 0 spiro atoms. The van der Waals surface area contributed by atoms with Gasteiger partial charge in [-0.1, -0.05) is 6.07 Å². The van der Waals surface area contributed by atoms with E-state index in [0.29, 0.717) is 12.1 Å². The van der Waals surface area contributed by atoms with Crippen LogP contribution in [0, 0.1) is 0 Å². The van der Waals surface area contributed by atoms with Gasteiger partial charge in [-0.2, -0.15) is 0 Å². The van der Waals surface area contributed by atoms with Crippen LogP contribution < -0.4 is 5.32 Å². The van der Waals surface area contributed by atoms with E-state index in [9.17, 15) is 0 Å². The van der Waals surface area contributed by atoms with E-state index in [1.54, 1.807) is 0 Å². The number of pyridine rings is 1. The molecule has 1 fully saturated rings. The molecule has 4 nitrogen and oxygen atoms in total. The Morgan fingerprint density at radius 3 is 2.44 bits per heavy atom. The van der Waals surface area contributed by atoms with Crippen molar-refractivity contribution in [2.75, 3.05) is 32.5 Å². The van der Waals surface area contributed by atoms with E-state index in [-0.39, 0.29) is 0 Å². The van der Waals surface area contributed by atoms with Gasteiger partial charge in [-0.25, -0.2) is 4.98 Å². The number of hydrogen-bond donors (Lipinski definition) is 1. The van der Waals surface area contributed by atoms with Crippen LogP contribution in [0.1, 0.15) is 19.4 Å². The van der Waals surface area contributed by atoms with Crippen LogP contribution in [0.4, 0.5) is 5.82 Å². The second kappa shape index (κ2) is 5.67.